The summed E-state index contributed by atoms with van der Waals surface area (Å²) in [6.45, 7) is 0. The number of hydrogen-bond acceptors (Lipinski definition) is 2. The summed E-state index contributed by atoms with van der Waals surface area (Å²) < 4.78 is 17.2. The lowest BCUT2D eigenvalue weighted by Crippen LogP contribution is -2.09. The van der Waals surface area contributed by atoms with E-state index in [1.54, 1.807) is 0 Å². The van der Waals surface area contributed by atoms with Crippen LogP contribution in [0.3, 0.4) is 0 Å². The molecule has 0 aliphatic rings. The Hall–Kier alpha value is -0.110. The Morgan fingerprint density at radius 2 is 2.00 bits per heavy atom. The summed E-state index contributed by atoms with van der Waals surface area (Å²) in [5.74, 6) is 0. The first-order valence-corrected chi connectivity index (χ1v) is 6.92. The molecule has 0 amide bonds. The van der Waals surface area contributed by atoms with Crippen LogP contribution in [0.4, 0.5) is 0 Å². The highest BCUT2D eigenvalue weighted by molar-refractivity contribution is 9.09. The summed E-state index contributed by atoms with van der Waals surface area (Å²) in [4.78, 5) is 0. The fourth-order valence-corrected chi connectivity index (χ4v) is 3.99. The van der Waals surface area contributed by atoms with Crippen LogP contribution in [0, 0.1) is 0 Å². The molecule has 0 N–H and O–H groups in total. The molecule has 1 rings (SSSR count). The maximum atomic E-state index is 12.1. The molecule has 2 nitrogen and oxygen atoms in total. The Kier molecular flexibility index (Phi) is 4.17. The van der Waals surface area contributed by atoms with E-state index < -0.39 is 7.37 Å². The normalized spacial score (nSPS) is 15.2. The summed E-state index contributed by atoms with van der Waals surface area (Å²) in [7, 11) is -1.10. The van der Waals surface area contributed by atoms with Crippen molar-refractivity contribution in [1.82, 2.24) is 0 Å². The monoisotopic (exact) mass is 262 g/mol. The summed E-state index contributed by atoms with van der Waals surface area (Å²) >= 11 is 3.27. The van der Waals surface area contributed by atoms with Gasteiger partial charge in [-0.3, -0.25) is 4.57 Å². The lowest BCUT2D eigenvalue weighted by atomic mass is 10.4. The zero-order valence-electron chi connectivity index (χ0n) is 7.44. The number of hydrogen-bond donors (Lipinski definition) is 0. The van der Waals surface area contributed by atoms with Crippen molar-refractivity contribution in [3.63, 3.8) is 0 Å². The lowest BCUT2D eigenvalue weighted by molar-refractivity contribution is 0.404. The molecule has 0 aromatic heterocycles. The predicted octanol–water partition coefficient (Wildman–Crippen LogP) is 2.63. The van der Waals surface area contributed by atoms with E-state index in [0.29, 0.717) is 11.5 Å². The molecule has 0 radical (unpaired) electrons. The van der Waals surface area contributed by atoms with E-state index in [1.807, 2.05) is 30.3 Å². The van der Waals surface area contributed by atoms with Gasteiger partial charge in [-0.15, -0.1) is 0 Å². The van der Waals surface area contributed by atoms with Crippen molar-refractivity contribution in [2.75, 3.05) is 18.6 Å². The van der Waals surface area contributed by atoms with E-state index in [1.165, 1.54) is 7.11 Å². The Labute approximate surface area is 86.9 Å². The van der Waals surface area contributed by atoms with Gasteiger partial charge in [-0.05, 0) is 12.1 Å². The Morgan fingerprint density at radius 3 is 2.46 bits per heavy atom. The zero-order chi connectivity index (χ0) is 9.73. The van der Waals surface area contributed by atoms with E-state index in [0.717, 1.165) is 5.30 Å². The van der Waals surface area contributed by atoms with Gasteiger partial charge in [-0.2, -0.15) is 0 Å². The average Bonchev–Trinajstić information content (AvgIpc) is 2.19. The molecule has 0 saturated carbocycles. The molecule has 0 aliphatic heterocycles. The summed E-state index contributed by atoms with van der Waals surface area (Å²) in [6, 6.07) is 9.32. The predicted molar refractivity (Wildman–Crippen MR) is 59.4 cm³/mol. The van der Waals surface area contributed by atoms with Gasteiger partial charge < -0.3 is 4.52 Å². The highest BCUT2D eigenvalue weighted by Crippen LogP contribution is 2.44. The standard InChI is InChI=1S/C9H12BrO2P/c1-12-13(11,8-7-10)9-5-3-2-4-6-9/h2-6H,7-8H2,1H3. The molecule has 0 fully saturated rings. The minimum Gasteiger partial charge on any atom is -0.329 e. The number of benzene rings is 1. The smallest absolute Gasteiger partial charge is 0.232 e. The van der Waals surface area contributed by atoms with Crippen LogP contribution < -0.4 is 5.30 Å². The van der Waals surface area contributed by atoms with Crippen LogP contribution in [0.25, 0.3) is 0 Å². The first kappa shape index (κ1) is 11.0. The van der Waals surface area contributed by atoms with E-state index >= 15 is 0 Å². The van der Waals surface area contributed by atoms with Crippen molar-refractivity contribution in [1.29, 1.82) is 0 Å². The Bertz CT molecular complexity index is 300. The van der Waals surface area contributed by atoms with E-state index in [4.69, 9.17) is 4.52 Å². The molecule has 0 saturated heterocycles. The fourth-order valence-electron chi connectivity index (χ4n) is 1.09. The SMILES string of the molecule is COP(=O)(CCBr)c1ccccc1. The first-order valence-electron chi connectivity index (χ1n) is 3.99. The van der Waals surface area contributed by atoms with Crippen molar-refractivity contribution < 1.29 is 9.09 Å². The van der Waals surface area contributed by atoms with Crippen LogP contribution in [0.2, 0.25) is 0 Å². The van der Waals surface area contributed by atoms with Gasteiger partial charge in [0, 0.05) is 23.9 Å². The Morgan fingerprint density at radius 1 is 1.38 bits per heavy atom. The number of halogens is 1. The highest BCUT2D eigenvalue weighted by atomic mass is 79.9. The molecular weight excluding hydrogens is 251 g/mol. The van der Waals surface area contributed by atoms with Gasteiger partial charge in [0.05, 0.1) is 0 Å². The molecule has 0 spiro atoms. The second kappa shape index (κ2) is 4.94. The molecule has 1 aromatic carbocycles. The number of alkyl halides is 1. The second-order valence-electron chi connectivity index (χ2n) is 2.60. The van der Waals surface area contributed by atoms with Gasteiger partial charge in [0.1, 0.15) is 0 Å². The van der Waals surface area contributed by atoms with E-state index in [2.05, 4.69) is 15.9 Å². The van der Waals surface area contributed by atoms with Crippen LogP contribution in [-0.4, -0.2) is 18.6 Å². The summed E-state index contributed by atoms with van der Waals surface area (Å²) in [6.07, 6.45) is 0.535. The fraction of sp³-hybridized carbons (Fsp3) is 0.333. The molecular formula is C9H12BrO2P. The van der Waals surface area contributed by atoms with Crippen molar-refractivity contribution >= 4 is 28.6 Å². The third-order valence-corrected chi connectivity index (χ3v) is 5.32. The van der Waals surface area contributed by atoms with Crippen LogP contribution in [0.1, 0.15) is 0 Å². The quantitative estimate of drug-likeness (QED) is 0.616. The lowest BCUT2D eigenvalue weighted by Gasteiger charge is -2.14. The molecule has 0 heterocycles. The van der Waals surface area contributed by atoms with Gasteiger partial charge >= 0.3 is 0 Å². The summed E-state index contributed by atoms with van der Waals surface area (Å²) in [5, 5.41) is 1.48. The van der Waals surface area contributed by atoms with Crippen molar-refractivity contribution in [3.8, 4) is 0 Å². The highest BCUT2D eigenvalue weighted by Gasteiger charge is 2.22. The molecule has 0 aliphatic carbocycles. The molecule has 13 heavy (non-hydrogen) atoms. The number of rotatable bonds is 4. The Balaban J connectivity index is 2.96. The maximum absolute atomic E-state index is 12.1. The largest absolute Gasteiger partial charge is 0.329 e. The van der Waals surface area contributed by atoms with Gasteiger partial charge in [-0.1, -0.05) is 34.1 Å². The van der Waals surface area contributed by atoms with Crippen molar-refractivity contribution in [2.24, 2.45) is 0 Å². The third-order valence-electron chi connectivity index (χ3n) is 1.82. The second-order valence-corrected chi connectivity index (χ2v) is 6.07. The maximum Gasteiger partial charge on any atom is 0.232 e. The minimum atomic E-state index is -2.60. The topological polar surface area (TPSA) is 26.3 Å². The third kappa shape index (κ3) is 2.67. The van der Waals surface area contributed by atoms with Crippen molar-refractivity contribution in [3.05, 3.63) is 30.3 Å². The van der Waals surface area contributed by atoms with Gasteiger partial charge in [0.25, 0.3) is 0 Å². The van der Waals surface area contributed by atoms with Crippen LogP contribution in [0.5, 0.6) is 0 Å². The molecule has 1 unspecified atom stereocenters. The molecule has 1 atom stereocenters. The van der Waals surface area contributed by atoms with Crippen LogP contribution >= 0.6 is 23.3 Å². The molecule has 4 heteroatoms. The first-order chi connectivity index (χ1) is 6.23. The van der Waals surface area contributed by atoms with Gasteiger partial charge in [0.15, 0.2) is 0 Å². The van der Waals surface area contributed by atoms with E-state index in [-0.39, 0.29) is 0 Å². The van der Waals surface area contributed by atoms with E-state index in [9.17, 15) is 4.57 Å². The molecule has 0 bridgehead atoms. The molecule has 1 aromatic rings. The minimum absolute atomic E-state index is 0.535. The van der Waals surface area contributed by atoms with Crippen molar-refractivity contribution in [2.45, 2.75) is 0 Å². The zero-order valence-corrected chi connectivity index (χ0v) is 9.92. The average molecular weight is 263 g/mol. The van der Waals surface area contributed by atoms with Gasteiger partial charge in [0.2, 0.25) is 7.37 Å². The van der Waals surface area contributed by atoms with Crippen LogP contribution in [0.15, 0.2) is 30.3 Å². The van der Waals surface area contributed by atoms with Crippen LogP contribution in [-0.2, 0) is 9.09 Å². The summed E-state index contributed by atoms with van der Waals surface area (Å²) in [5.41, 5.74) is 0. The molecule has 72 valence electrons. The van der Waals surface area contributed by atoms with Gasteiger partial charge in [-0.25, -0.2) is 0 Å².